The normalized spacial score (nSPS) is 11.1. The fourth-order valence-electron chi connectivity index (χ4n) is 1.11. The van der Waals surface area contributed by atoms with Gasteiger partial charge in [0.05, 0.1) is 5.56 Å². The first-order valence-electron chi connectivity index (χ1n) is 4.76. The van der Waals surface area contributed by atoms with Crippen LogP contribution >= 0.6 is 22.6 Å². The first kappa shape index (κ1) is 14.8. The number of rotatable bonds is 4. The van der Waals surface area contributed by atoms with Gasteiger partial charge in [0.1, 0.15) is 5.97 Å². The van der Waals surface area contributed by atoms with E-state index in [1.165, 1.54) is 6.07 Å². The standard InChI is InChI=1S/C11H9F2IO4/c1-6-2-3-7(14)4-8(6)9(15)18-5-11(12,13)10(16)17/h2-4H,5H2,1H3,(H,16,17)/p-1. The van der Waals surface area contributed by atoms with Gasteiger partial charge in [0.15, 0.2) is 6.61 Å². The molecule has 0 atom stereocenters. The van der Waals surface area contributed by atoms with Gasteiger partial charge in [-0.1, -0.05) is 6.07 Å². The molecule has 7 heteroatoms. The molecule has 0 saturated heterocycles. The molecular formula is C11H8F2IO4-. The number of hydrogen-bond acceptors (Lipinski definition) is 4. The summed E-state index contributed by atoms with van der Waals surface area (Å²) in [6.45, 7) is 0.0721. The van der Waals surface area contributed by atoms with Crippen LogP contribution in [0.5, 0.6) is 0 Å². The second-order valence-electron chi connectivity index (χ2n) is 3.53. The summed E-state index contributed by atoms with van der Waals surface area (Å²) in [6, 6.07) is 4.84. The molecular weight excluding hydrogens is 361 g/mol. The quantitative estimate of drug-likeness (QED) is 0.590. The number of hydrogen-bond donors (Lipinski definition) is 0. The zero-order valence-electron chi connectivity index (χ0n) is 9.21. The van der Waals surface area contributed by atoms with E-state index in [1.807, 2.05) is 22.6 Å². The lowest BCUT2D eigenvalue weighted by Gasteiger charge is -2.17. The highest BCUT2D eigenvalue weighted by Crippen LogP contribution is 2.17. The Kier molecular flexibility index (Phi) is 4.60. The van der Waals surface area contributed by atoms with Gasteiger partial charge in [-0.25, -0.2) is 4.79 Å². The van der Waals surface area contributed by atoms with Crippen molar-refractivity contribution in [3.8, 4) is 0 Å². The largest absolute Gasteiger partial charge is 0.544 e. The molecule has 0 radical (unpaired) electrons. The van der Waals surface area contributed by atoms with Gasteiger partial charge in [-0.3, -0.25) is 0 Å². The Hall–Kier alpha value is -1.25. The number of alkyl halides is 2. The number of halogens is 3. The van der Waals surface area contributed by atoms with Gasteiger partial charge in [0.25, 0.3) is 0 Å². The summed E-state index contributed by atoms with van der Waals surface area (Å²) >= 11 is 1.95. The molecule has 0 aromatic heterocycles. The van der Waals surface area contributed by atoms with Crippen molar-refractivity contribution in [2.24, 2.45) is 0 Å². The van der Waals surface area contributed by atoms with Gasteiger partial charge in [-0.15, -0.1) is 0 Å². The summed E-state index contributed by atoms with van der Waals surface area (Å²) in [6.07, 6.45) is 0. The topological polar surface area (TPSA) is 66.4 Å². The molecule has 0 aliphatic heterocycles. The summed E-state index contributed by atoms with van der Waals surface area (Å²) in [5, 5.41) is 10.0. The van der Waals surface area contributed by atoms with Gasteiger partial charge in [-0.05, 0) is 47.2 Å². The van der Waals surface area contributed by atoms with E-state index in [1.54, 1.807) is 19.1 Å². The Morgan fingerprint density at radius 1 is 1.44 bits per heavy atom. The number of carbonyl (C=O) groups is 2. The second kappa shape index (κ2) is 5.59. The summed E-state index contributed by atoms with van der Waals surface area (Å²) < 4.78 is 30.3. The van der Waals surface area contributed by atoms with Crippen LogP contribution in [0.15, 0.2) is 18.2 Å². The third-order valence-electron chi connectivity index (χ3n) is 2.10. The number of carbonyl (C=O) groups excluding carboxylic acids is 2. The summed E-state index contributed by atoms with van der Waals surface area (Å²) in [5.41, 5.74) is 0.674. The SMILES string of the molecule is Cc1ccc(I)cc1C(=O)OCC(F)(F)C(=O)[O-]. The molecule has 0 saturated carbocycles. The predicted octanol–water partition coefficient (Wildman–Crippen LogP) is 1.14. The van der Waals surface area contributed by atoms with E-state index < -0.39 is 24.5 Å². The molecule has 18 heavy (non-hydrogen) atoms. The van der Waals surface area contributed by atoms with Crippen LogP contribution in [-0.4, -0.2) is 24.5 Å². The molecule has 0 aliphatic carbocycles. The molecule has 0 spiro atoms. The monoisotopic (exact) mass is 369 g/mol. The van der Waals surface area contributed by atoms with Crippen LogP contribution in [0.2, 0.25) is 0 Å². The molecule has 4 nitrogen and oxygen atoms in total. The van der Waals surface area contributed by atoms with Crippen molar-refractivity contribution in [1.29, 1.82) is 0 Å². The zero-order valence-corrected chi connectivity index (χ0v) is 11.4. The van der Waals surface area contributed by atoms with Crippen molar-refractivity contribution >= 4 is 34.5 Å². The molecule has 0 amide bonds. The first-order valence-corrected chi connectivity index (χ1v) is 5.84. The van der Waals surface area contributed by atoms with Crippen LogP contribution in [0, 0.1) is 10.5 Å². The van der Waals surface area contributed by atoms with Crippen LogP contribution in [0.25, 0.3) is 0 Å². The van der Waals surface area contributed by atoms with Crippen molar-refractivity contribution in [3.05, 3.63) is 32.9 Å². The number of carboxylic acids is 1. The smallest absolute Gasteiger partial charge is 0.338 e. The summed E-state index contributed by atoms with van der Waals surface area (Å²) in [4.78, 5) is 21.6. The molecule has 0 N–H and O–H groups in total. The van der Waals surface area contributed by atoms with Crippen molar-refractivity contribution in [1.82, 2.24) is 0 Å². The minimum Gasteiger partial charge on any atom is -0.544 e. The maximum atomic E-state index is 12.7. The number of ether oxygens (including phenoxy) is 1. The molecule has 0 aliphatic rings. The number of carboxylic acid groups (broad SMARTS) is 1. The van der Waals surface area contributed by atoms with E-state index in [2.05, 4.69) is 4.74 Å². The fraction of sp³-hybridized carbons (Fsp3) is 0.273. The van der Waals surface area contributed by atoms with Crippen LogP contribution in [0.4, 0.5) is 8.78 Å². The van der Waals surface area contributed by atoms with Gasteiger partial charge in [0, 0.05) is 3.57 Å². The van der Waals surface area contributed by atoms with Crippen molar-refractivity contribution in [2.75, 3.05) is 6.61 Å². The number of benzene rings is 1. The molecule has 1 aromatic carbocycles. The average Bonchev–Trinajstić information content (AvgIpc) is 2.29. The molecule has 0 bridgehead atoms. The third kappa shape index (κ3) is 3.62. The number of esters is 1. The lowest BCUT2D eigenvalue weighted by molar-refractivity contribution is -0.331. The second-order valence-corrected chi connectivity index (χ2v) is 4.77. The Morgan fingerprint density at radius 2 is 2.06 bits per heavy atom. The van der Waals surface area contributed by atoms with Gasteiger partial charge < -0.3 is 14.6 Å². The van der Waals surface area contributed by atoms with Crippen LogP contribution in [0.3, 0.4) is 0 Å². The Bertz CT molecular complexity index is 488. The van der Waals surface area contributed by atoms with Crippen molar-refractivity contribution in [3.63, 3.8) is 0 Å². The van der Waals surface area contributed by atoms with Gasteiger partial charge in [0.2, 0.25) is 0 Å². The maximum absolute atomic E-state index is 12.7. The van der Waals surface area contributed by atoms with E-state index >= 15 is 0 Å². The molecule has 1 aromatic rings. The molecule has 0 heterocycles. The number of aryl methyl sites for hydroxylation is 1. The van der Waals surface area contributed by atoms with Crippen molar-refractivity contribution < 1.29 is 28.2 Å². The highest BCUT2D eigenvalue weighted by Gasteiger charge is 2.33. The number of aliphatic carboxylic acids is 1. The lowest BCUT2D eigenvalue weighted by atomic mass is 10.1. The van der Waals surface area contributed by atoms with Crippen LogP contribution in [0.1, 0.15) is 15.9 Å². The minimum atomic E-state index is -4.19. The first-order chi connectivity index (χ1) is 8.24. The minimum absolute atomic E-state index is 0.121. The molecule has 98 valence electrons. The zero-order chi connectivity index (χ0) is 13.9. The highest BCUT2D eigenvalue weighted by molar-refractivity contribution is 14.1. The van der Waals surface area contributed by atoms with Gasteiger partial charge >= 0.3 is 11.9 Å². The Balaban J connectivity index is 2.78. The fourth-order valence-corrected chi connectivity index (χ4v) is 1.60. The summed E-state index contributed by atoms with van der Waals surface area (Å²) in [5.74, 6) is -7.76. The maximum Gasteiger partial charge on any atom is 0.338 e. The van der Waals surface area contributed by atoms with E-state index in [9.17, 15) is 23.5 Å². The van der Waals surface area contributed by atoms with E-state index in [0.29, 0.717) is 5.56 Å². The lowest BCUT2D eigenvalue weighted by Crippen LogP contribution is -2.45. The van der Waals surface area contributed by atoms with E-state index in [0.717, 1.165) is 3.57 Å². The highest BCUT2D eigenvalue weighted by atomic mass is 127. The predicted molar refractivity (Wildman–Crippen MR) is 64.1 cm³/mol. The Labute approximate surface area is 115 Å². The van der Waals surface area contributed by atoms with E-state index in [-0.39, 0.29) is 5.56 Å². The average molecular weight is 369 g/mol. The molecule has 0 fully saturated rings. The third-order valence-corrected chi connectivity index (χ3v) is 2.77. The molecule has 1 rings (SSSR count). The van der Waals surface area contributed by atoms with Crippen LogP contribution in [-0.2, 0) is 9.53 Å². The van der Waals surface area contributed by atoms with Crippen LogP contribution < -0.4 is 5.11 Å². The summed E-state index contributed by atoms with van der Waals surface area (Å²) in [7, 11) is 0. The van der Waals surface area contributed by atoms with E-state index in [4.69, 9.17) is 0 Å². The van der Waals surface area contributed by atoms with Crippen molar-refractivity contribution in [2.45, 2.75) is 12.8 Å². The van der Waals surface area contributed by atoms with Gasteiger partial charge in [-0.2, -0.15) is 8.78 Å². The Morgan fingerprint density at radius 3 is 2.61 bits per heavy atom. The molecule has 0 unspecified atom stereocenters.